The van der Waals surface area contributed by atoms with E-state index in [1.165, 1.54) is 0 Å². The first-order chi connectivity index (χ1) is 13.4. The monoisotopic (exact) mass is 416 g/mol. The summed E-state index contributed by atoms with van der Waals surface area (Å²) in [6, 6.07) is 7.67. The van der Waals surface area contributed by atoms with Crippen molar-refractivity contribution in [2.24, 2.45) is 0 Å². The van der Waals surface area contributed by atoms with Crippen molar-refractivity contribution in [3.05, 3.63) is 71.6 Å². The van der Waals surface area contributed by atoms with E-state index in [4.69, 9.17) is 10.2 Å². The third-order valence-electron chi connectivity index (χ3n) is 4.28. The molecular formula is C20H21ClN4O4. The lowest BCUT2D eigenvalue weighted by Crippen LogP contribution is -2.03. The zero-order chi connectivity index (χ0) is 20.3. The molecule has 0 saturated carbocycles. The van der Waals surface area contributed by atoms with Crippen LogP contribution in [0.15, 0.2) is 49.1 Å². The van der Waals surface area contributed by atoms with Gasteiger partial charge in [0.15, 0.2) is 0 Å². The van der Waals surface area contributed by atoms with Crippen LogP contribution in [0.2, 0.25) is 0 Å². The van der Waals surface area contributed by atoms with E-state index in [1.807, 2.05) is 59.3 Å². The maximum Gasteiger partial charge on any atom is 0.309 e. The lowest BCUT2D eigenvalue weighted by Gasteiger charge is -1.99. The van der Waals surface area contributed by atoms with Gasteiger partial charge in [0.2, 0.25) is 0 Å². The van der Waals surface area contributed by atoms with Gasteiger partial charge in [0.1, 0.15) is 11.3 Å². The molecule has 0 atom stereocenters. The third kappa shape index (κ3) is 4.91. The van der Waals surface area contributed by atoms with Gasteiger partial charge >= 0.3 is 11.9 Å². The van der Waals surface area contributed by atoms with Crippen LogP contribution in [0.4, 0.5) is 0 Å². The summed E-state index contributed by atoms with van der Waals surface area (Å²) >= 11 is 0. The Bertz CT molecular complexity index is 1070. The number of carboxylic acid groups (broad SMARTS) is 2. The van der Waals surface area contributed by atoms with Gasteiger partial charge in [-0.25, -0.2) is 9.97 Å². The topological polar surface area (TPSA) is 109 Å². The van der Waals surface area contributed by atoms with E-state index in [0.29, 0.717) is 11.4 Å². The van der Waals surface area contributed by atoms with E-state index in [-0.39, 0.29) is 25.2 Å². The van der Waals surface area contributed by atoms with E-state index in [2.05, 4.69) is 9.97 Å². The Morgan fingerprint density at radius 1 is 0.828 bits per heavy atom. The van der Waals surface area contributed by atoms with Gasteiger partial charge in [-0.1, -0.05) is 12.1 Å². The van der Waals surface area contributed by atoms with Gasteiger partial charge < -0.3 is 19.0 Å². The van der Waals surface area contributed by atoms with Crippen LogP contribution in [0.25, 0.3) is 11.3 Å². The number of aryl methyl sites for hydroxylation is 2. The van der Waals surface area contributed by atoms with Gasteiger partial charge in [-0.15, -0.1) is 12.4 Å². The number of nitrogens with zero attached hydrogens (tertiary/aromatic N) is 4. The SMILES string of the molecule is Cc1cccn2c(CC(=O)O)cnc12.Cc1cccn2c(CC(=O)O)cnc12.Cl. The molecule has 0 aliphatic rings. The maximum atomic E-state index is 10.6. The second-order valence-electron chi connectivity index (χ2n) is 6.41. The number of aromatic nitrogens is 4. The van der Waals surface area contributed by atoms with Gasteiger partial charge in [0.05, 0.1) is 24.2 Å². The van der Waals surface area contributed by atoms with Crippen LogP contribution < -0.4 is 0 Å². The van der Waals surface area contributed by atoms with Crippen molar-refractivity contribution in [2.75, 3.05) is 0 Å². The number of hydrogen-bond acceptors (Lipinski definition) is 4. The van der Waals surface area contributed by atoms with Gasteiger partial charge in [-0.3, -0.25) is 9.59 Å². The summed E-state index contributed by atoms with van der Waals surface area (Å²) in [6.07, 6.45) is 6.88. The molecule has 4 aromatic heterocycles. The first-order valence-corrected chi connectivity index (χ1v) is 8.63. The largest absolute Gasteiger partial charge is 0.481 e. The number of aliphatic carboxylic acids is 2. The zero-order valence-corrected chi connectivity index (χ0v) is 16.8. The summed E-state index contributed by atoms with van der Waals surface area (Å²) in [5.41, 5.74) is 5.15. The maximum absolute atomic E-state index is 10.6. The summed E-state index contributed by atoms with van der Waals surface area (Å²) in [5.74, 6) is -1.68. The Hall–Kier alpha value is -3.39. The van der Waals surface area contributed by atoms with Crippen molar-refractivity contribution >= 4 is 35.6 Å². The molecule has 4 rings (SSSR count). The molecule has 0 aliphatic heterocycles. The molecule has 0 spiro atoms. The Morgan fingerprint density at radius 3 is 1.55 bits per heavy atom. The molecule has 4 heterocycles. The minimum atomic E-state index is -0.840. The summed E-state index contributed by atoms with van der Waals surface area (Å²) in [4.78, 5) is 29.5. The van der Waals surface area contributed by atoms with Crippen LogP contribution in [0.1, 0.15) is 22.5 Å². The van der Waals surface area contributed by atoms with E-state index in [0.717, 1.165) is 22.4 Å². The van der Waals surface area contributed by atoms with E-state index < -0.39 is 11.9 Å². The lowest BCUT2D eigenvalue weighted by molar-refractivity contribution is -0.137. The second-order valence-corrected chi connectivity index (χ2v) is 6.41. The summed E-state index contributed by atoms with van der Waals surface area (Å²) in [6.45, 7) is 3.90. The first-order valence-electron chi connectivity index (χ1n) is 8.63. The van der Waals surface area contributed by atoms with Crippen molar-refractivity contribution in [1.29, 1.82) is 0 Å². The number of imidazole rings is 2. The molecule has 8 nitrogen and oxygen atoms in total. The number of carbonyl (C=O) groups is 2. The summed E-state index contributed by atoms with van der Waals surface area (Å²) in [7, 11) is 0. The van der Waals surface area contributed by atoms with Gasteiger partial charge in [0.25, 0.3) is 0 Å². The first kappa shape index (κ1) is 21.9. The van der Waals surface area contributed by atoms with Crippen molar-refractivity contribution in [1.82, 2.24) is 18.8 Å². The van der Waals surface area contributed by atoms with Crippen molar-refractivity contribution in [2.45, 2.75) is 26.7 Å². The highest BCUT2D eigenvalue weighted by Gasteiger charge is 2.08. The van der Waals surface area contributed by atoms with Crippen LogP contribution >= 0.6 is 12.4 Å². The zero-order valence-electron chi connectivity index (χ0n) is 15.9. The number of pyridine rings is 2. The number of hydrogen-bond donors (Lipinski definition) is 2. The van der Waals surface area contributed by atoms with E-state index >= 15 is 0 Å². The lowest BCUT2D eigenvalue weighted by atomic mass is 10.3. The smallest absolute Gasteiger partial charge is 0.309 e. The molecule has 0 amide bonds. The number of halogens is 1. The normalized spacial score (nSPS) is 10.3. The van der Waals surface area contributed by atoms with Crippen molar-refractivity contribution < 1.29 is 19.8 Å². The number of fused-ring (bicyclic) bond motifs is 2. The van der Waals surface area contributed by atoms with Crippen LogP contribution in [-0.4, -0.2) is 40.9 Å². The third-order valence-corrected chi connectivity index (χ3v) is 4.28. The van der Waals surface area contributed by atoms with Crippen molar-refractivity contribution in [3.8, 4) is 0 Å². The Labute approximate surface area is 172 Å². The fourth-order valence-corrected chi connectivity index (χ4v) is 2.98. The minimum absolute atomic E-state index is 0. The summed E-state index contributed by atoms with van der Waals surface area (Å²) in [5, 5.41) is 17.3. The highest BCUT2D eigenvalue weighted by Crippen LogP contribution is 2.12. The highest BCUT2D eigenvalue weighted by molar-refractivity contribution is 5.85. The molecule has 0 aromatic carbocycles. The predicted molar refractivity (Wildman–Crippen MR) is 110 cm³/mol. The average Bonchev–Trinajstić information content (AvgIpc) is 3.21. The molecule has 4 aromatic rings. The average molecular weight is 417 g/mol. The van der Waals surface area contributed by atoms with Crippen LogP contribution in [0.3, 0.4) is 0 Å². The Morgan fingerprint density at radius 2 is 1.21 bits per heavy atom. The van der Waals surface area contributed by atoms with Gasteiger partial charge in [-0.05, 0) is 37.1 Å². The molecule has 152 valence electrons. The summed E-state index contributed by atoms with van der Waals surface area (Å²) < 4.78 is 3.62. The molecule has 0 saturated heterocycles. The van der Waals surface area contributed by atoms with Crippen LogP contribution in [-0.2, 0) is 22.4 Å². The molecule has 0 unspecified atom stereocenters. The molecule has 9 heteroatoms. The molecule has 0 aliphatic carbocycles. The molecular weight excluding hydrogens is 396 g/mol. The predicted octanol–water partition coefficient (Wildman–Crippen LogP) is 2.96. The highest BCUT2D eigenvalue weighted by atomic mass is 35.5. The van der Waals surface area contributed by atoms with Crippen LogP contribution in [0.5, 0.6) is 0 Å². The van der Waals surface area contributed by atoms with Crippen molar-refractivity contribution in [3.63, 3.8) is 0 Å². The van der Waals surface area contributed by atoms with E-state index in [9.17, 15) is 9.59 Å². The molecule has 0 fully saturated rings. The Balaban J connectivity index is 0.000000200. The van der Waals surface area contributed by atoms with Gasteiger partial charge in [0, 0.05) is 24.8 Å². The second kappa shape index (κ2) is 9.20. The Kier molecular flexibility index (Phi) is 6.95. The van der Waals surface area contributed by atoms with E-state index in [1.54, 1.807) is 12.4 Å². The fraction of sp³-hybridized carbons (Fsp3) is 0.200. The molecule has 29 heavy (non-hydrogen) atoms. The number of rotatable bonds is 4. The standard InChI is InChI=1S/2C10H10N2O2.ClH/c2*1-7-3-2-4-12-8(5-9(13)14)6-11-10(7)12;/h2*2-4,6H,5H2,1H3,(H,13,14);1H. The fourth-order valence-electron chi connectivity index (χ4n) is 2.98. The van der Waals surface area contributed by atoms with Crippen LogP contribution in [0, 0.1) is 13.8 Å². The van der Waals surface area contributed by atoms with Gasteiger partial charge in [-0.2, -0.15) is 0 Å². The molecule has 0 radical (unpaired) electrons. The molecule has 2 N–H and O–H groups in total. The quantitative estimate of drug-likeness (QED) is 0.529. The molecule has 0 bridgehead atoms. The minimum Gasteiger partial charge on any atom is -0.481 e. The number of carboxylic acids is 2.